The summed E-state index contributed by atoms with van der Waals surface area (Å²) in [4.78, 5) is 3.76. The summed E-state index contributed by atoms with van der Waals surface area (Å²) in [5, 5.41) is 8.38. The van der Waals surface area contributed by atoms with E-state index in [0.717, 1.165) is 67.5 Å². The Kier molecular flexibility index (Phi) is 11.8. The molecule has 0 aliphatic rings. The number of allylic oxidation sites excluding steroid dienone is 1. The van der Waals surface area contributed by atoms with Gasteiger partial charge in [-0.05, 0) is 102 Å². The number of furan rings is 2. The lowest BCUT2D eigenvalue weighted by Gasteiger charge is -2.08. The fourth-order valence-corrected chi connectivity index (χ4v) is 11.4. The van der Waals surface area contributed by atoms with E-state index in [4.69, 9.17) is 20.3 Å². The van der Waals surface area contributed by atoms with Crippen LogP contribution in [0.1, 0.15) is 41.1 Å². The van der Waals surface area contributed by atoms with Gasteiger partial charge in [0.2, 0.25) is 0 Å². The van der Waals surface area contributed by atoms with Crippen LogP contribution in [0.4, 0.5) is 0 Å². The second-order valence-corrected chi connectivity index (χ2v) is 18.4. The minimum Gasteiger partial charge on any atom is -0.456 e. The zero-order chi connectivity index (χ0) is 45.3. The first kappa shape index (κ1) is 42.6. The second-order valence-electron chi connectivity index (χ2n) is 16.2. The fourth-order valence-electron chi connectivity index (χ4n) is 9.00. The Morgan fingerprint density at radius 1 is 0.606 bits per heavy atom. The van der Waals surface area contributed by atoms with Gasteiger partial charge in [-0.2, -0.15) is 0 Å². The summed E-state index contributed by atoms with van der Waals surface area (Å²) in [5.41, 5.74) is 24.1. The monoisotopic (exact) mass is 893 g/mol. The highest BCUT2D eigenvalue weighted by Gasteiger charge is 2.18. The van der Waals surface area contributed by atoms with E-state index in [0.29, 0.717) is 0 Å². The van der Waals surface area contributed by atoms with Crippen molar-refractivity contribution >= 4 is 115 Å². The van der Waals surface area contributed by atoms with Gasteiger partial charge in [-0.25, -0.2) is 0 Å². The van der Waals surface area contributed by atoms with Crippen molar-refractivity contribution in [2.45, 2.75) is 26.6 Å². The molecule has 4 aromatic heterocycles. The standard InChI is InChI=1S/C37H24N2OS2.C14H14O.C8H9N/c38-37(39)27-10-4-11-30-34(27)28-18-20(15-17-29(28)40-30)22-7-5-13-32-35(22)26-9-3-8-23(36(26)42-32)21-14-16-25-24-6-1-2-12-31(24)41-33(25)19-21;1-4-7-13-11(5-2)12-9-6-8-10(3)14(12)15-13;1-9-7-8-5-3-2-4-6-8/h1-19,37H,38-39H2;4-9H,2H2,1,3H3;2-6H,1,7H2/b;7-4-;. The Labute approximate surface area is 391 Å². The topological polar surface area (TPSA) is 90.7 Å². The summed E-state index contributed by atoms with van der Waals surface area (Å²) < 4.78 is 17.2. The maximum atomic E-state index is 6.18. The van der Waals surface area contributed by atoms with Crippen LogP contribution in [0.15, 0.2) is 190 Å². The molecule has 0 saturated carbocycles. The van der Waals surface area contributed by atoms with Crippen molar-refractivity contribution in [3.05, 3.63) is 204 Å². The number of hydrogen-bond acceptors (Lipinski definition) is 7. The van der Waals surface area contributed by atoms with Crippen molar-refractivity contribution in [2.24, 2.45) is 16.5 Å². The first-order chi connectivity index (χ1) is 32.3. The highest BCUT2D eigenvalue weighted by atomic mass is 32.1. The predicted molar refractivity (Wildman–Crippen MR) is 287 cm³/mol. The highest BCUT2D eigenvalue weighted by Crippen LogP contribution is 2.46. The molecule has 0 saturated heterocycles. The smallest absolute Gasteiger partial charge is 0.138 e. The Hall–Kier alpha value is -7.39. The van der Waals surface area contributed by atoms with E-state index in [-0.39, 0.29) is 0 Å². The molecule has 0 aliphatic carbocycles. The van der Waals surface area contributed by atoms with Crippen LogP contribution >= 0.6 is 22.7 Å². The van der Waals surface area contributed by atoms with Gasteiger partial charge in [0, 0.05) is 62.1 Å². The Bertz CT molecular complexity index is 3790. The summed E-state index contributed by atoms with van der Waals surface area (Å²) in [6, 6.07) is 57.5. The van der Waals surface area contributed by atoms with Crippen LogP contribution in [0.5, 0.6) is 0 Å². The van der Waals surface area contributed by atoms with Gasteiger partial charge in [-0.3, -0.25) is 4.99 Å². The van der Waals surface area contributed by atoms with Gasteiger partial charge in [0.05, 0.1) is 12.7 Å². The number of rotatable bonds is 7. The van der Waals surface area contributed by atoms with Crippen LogP contribution in [0, 0.1) is 6.92 Å². The van der Waals surface area contributed by atoms with E-state index < -0.39 is 6.17 Å². The number of nitrogens with zero attached hydrogens (tertiary/aromatic N) is 1. The number of para-hydroxylation sites is 1. The first-order valence-corrected chi connectivity index (χ1v) is 23.5. The van der Waals surface area contributed by atoms with E-state index in [9.17, 15) is 0 Å². The van der Waals surface area contributed by atoms with Gasteiger partial charge in [-0.15, -0.1) is 22.7 Å². The average molecular weight is 894 g/mol. The van der Waals surface area contributed by atoms with Crippen LogP contribution in [0.2, 0.25) is 0 Å². The molecule has 7 heteroatoms. The van der Waals surface area contributed by atoms with Gasteiger partial charge in [0.1, 0.15) is 22.5 Å². The lowest BCUT2D eigenvalue weighted by molar-refractivity contribution is 0.601. The molecule has 0 amide bonds. The summed E-state index contributed by atoms with van der Waals surface area (Å²) in [6.07, 6.45) is 5.21. The summed E-state index contributed by atoms with van der Waals surface area (Å²) in [7, 11) is 0. The van der Waals surface area contributed by atoms with Crippen molar-refractivity contribution in [3.8, 4) is 22.3 Å². The molecule has 0 fully saturated rings. The van der Waals surface area contributed by atoms with Crippen LogP contribution in [0.3, 0.4) is 0 Å². The van der Waals surface area contributed by atoms with Gasteiger partial charge in [-0.1, -0.05) is 146 Å². The largest absolute Gasteiger partial charge is 0.456 e. The molecular formula is C59H47N3O2S2. The van der Waals surface area contributed by atoms with Gasteiger partial charge < -0.3 is 20.3 Å². The van der Waals surface area contributed by atoms with Crippen molar-refractivity contribution in [1.29, 1.82) is 0 Å². The van der Waals surface area contributed by atoms with E-state index in [1.54, 1.807) is 0 Å². The van der Waals surface area contributed by atoms with Crippen LogP contribution < -0.4 is 11.5 Å². The third-order valence-corrected chi connectivity index (χ3v) is 14.4. The number of benzene rings is 8. The highest BCUT2D eigenvalue weighted by molar-refractivity contribution is 7.26. The first-order valence-electron chi connectivity index (χ1n) is 21.9. The molecule has 0 unspecified atom stereocenters. The number of fused-ring (bicyclic) bond motifs is 10. The third-order valence-electron chi connectivity index (χ3n) is 12.0. The quantitative estimate of drug-likeness (QED) is 0.123. The van der Waals surface area contributed by atoms with Crippen molar-refractivity contribution in [1.82, 2.24) is 0 Å². The molecule has 0 bridgehead atoms. The number of nitrogens with two attached hydrogens (primary N) is 2. The van der Waals surface area contributed by atoms with Crippen molar-refractivity contribution in [2.75, 3.05) is 0 Å². The van der Waals surface area contributed by atoms with Gasteiger partial charge in [0.15, 0.2) is 0 Å². The van der Waals surface area contributed by atoms with Crippen LogP contribution in [0.25, 0.3) is 108 Å². The number of aryl methyl sites for hydroxylation is 1. The third kappa shape index (κ3) is 7.82. The van der Waals surface area contributed by atoms with Crippen LogP contribution in [-0.2, 0) is 6.54 Å². The van der Waals surface area contributed by atoms with E-state index >= 15 is 0 Å². The minimum atomic E-state index is -0.576. The summed E-state index contributed by atoms with van der Waals surface area (Å²) in [6.45, 7) is 12.0. The molecule has 0 spiro atoms. The maximum Gasteiger partial charge on any atom is 0.138 e. The number of hydrogen-bond donors (Lipinski definition) is 2. The van der Waals surface area contributed by atoms with E-state index in [1.807, 2.05) is 102 Å². The van der Waals surface area contributed by atoms with Gasteiger partial charge in [0.25, 0.3) is 0 Å². The summed E-state index contributed by atoms with van der Waals surface area (Å²) >= 11 is 3.73. The zero-order valence-electron chi connectivity index (χ0n) is 36.8. The molecule has 0 radical (unpaired) electrons. The lowest BCUT2D eigenvalue weighted by atomic mass is 9.95. The van der Waals surface area contributed by atoms with Crippen molar-refractivity contribution in [3.63, 3.8) is 0 Å². The summed E-state index contributed by atoms with van der Waals surface area (Å²) in [5.74, 6) is 0.886. The molecule has 4 heterocycles. The molecule has 4 N–H and O–H groups in total. The molecule has 12 rings (SSSR count). The maximum absolute atomic E-state index is 6.18. The second kappa shape index (κ2) is 18.2. The molecule has 322 valence electrons. The predicted octanol–water partition coefficient (Wildman–Crippen LogP) is 16.9. The SMILES string of the molecule is C=Cc1c(/C=C\C)oc2c(C)cccc12.C=NCc1ccccc1.NC(N)c1cccc2oc3ccc(-c4cccc5sc6c(-c7ccc8c(c7)sc7ccccc78)cccc6c45)cc3c12. The Morgan fingerprint density at radius 3 is 2.12 bits per heavy atom. The molecule has 8 aromatic carbocycles. The molecule has 12 aromatic rings. The van der Waals surface area contributed by atoms with Crippen molar-refractivity contribution < 1.29 is 8.83 Å². The van der Waals surface area contributed by atoms with Crippen LogP contribution in [-0.4, -0.2) is 6.72 Å². The fraction of sp³-hybridized carbons (Fsp3) is 0.0678. The Balaban J connectivity index is 0.000000174. The molecule has 66 heavy (non-hydrogen) atoms. The lowest BCUT2D eigenvalue weighted by Crippen LogP contribution is -2.20. The minimum absolute atomic E-state index is 0.576. The zero-order valence-corrected chi connectivity index (χ0v) is 38.4. The molecular weight excluding hydrogens is 847 g/mol. The van der Waals surface area contributed by atoms with E-state index in [2.05, 4.69) is 134 Å². The molecule has 0 aliphatic heterocycles. The van der Waals surface area contributed by atoms with Gasteiger partial charge >= 0.3 is 0 Å². The normalized spacial score (nSPS) is 11.6. The number of aliphatic imine (C=N–C) groups is 1. The average Bonchev–Trinajstić information content (AvgIpc) is 4.12. The Morgan fingerprint density at radius 2 is 1.30 bits per heavy atom. The number of thiophene rings is 2. The molecule has 5 nitrogen and oxygen atoms in total. The molecule has 0 atom stereocenters. The van der Waals surface area contributed by atoms with E-state index in [1.165, 1.54) is 62.6 Å².